The Bertz CT molecular complexity index is 314. The first-order chi connectivity index (χ1) is 8.09. The van der Waals surface area contributed by atoms with Crippen molar-refractivity contribution in [1.29, 1.82) is 0 Å². The largest absolute Gasteiger partial charge is 0.508 e. The summed E-state index contributed by atoms with van der Waals surface area (Å²) in [5.41, 5.74) is 0. The van der Waals surface area contributed by atoms with E-state index in [0.717, 1.165) is 0 Å². The van der Waals surface area contributed by atoms with Gasteiger partial charge in [-0.3, -0.25) is 0 Å². The first-order valence-corrected chi connectivity index (χ1v) is 6.78. The van der Waals surface area contributed by atoms with Crippen molar-refractivity contribution in [2.45, 2.75) is 31.6 Å². The van der Waals surface area contributed by atoms with Gasteiger partial charge in [0.25, 0.3) is 0 Å². The zero-order valence-corrected chi connectivity index (χ0v) is 12.4. The molecule has 1 aromatic rings. The topological polar surface area (TPSA) is 23.5 Å². The fraction of sp³-hybridized carbons (Fsp3) is 0.538. The van der Waals surface area contributed by atoms with Crippen molar-refractivity contribution in [3.05, 3.63) is 23.2 Å². The van der Waals surface area contributed by atoms with Crippen molar-refractivity contribution in [2.75, 3.05) is 20.1 Å². The maximum Gasteiger partial charge on any atom is 0.117 e. The van der Waals surface area contributed by atoms with E-state index in [-0.39, 0.29) is 5.75 Å². The Hall–Kier alpha value is -0.380. The highest BCUT2D eigenvalue weighted by Gasteiger charge is 2.03. The molecule has 2 nitrogen and oxygen atoms in total. The summed E-state index contributed by atoms with van der Waals surface area (Å²) in [6.45, 7) is 6.64. The fourth-order valence-electron chi connectivity index (χ4n) is 1.37. The Morgan fingerprint density at radius 2 is 1.76 bits per heavy atom. The van der Waals surface area contributed by atoms with E-state index in [1.54, 1.807) is 6.07 Å². The summed E-state index contributed by atoms with van der Waals surface area (Å²) < 4.78 is 0. The molecule has 0 aromatic heterocycles. The molecule has 98 valence electrons. The standard InChI is InChI=1S/C6H5ClOS.C5H11N.C2H6/c7-5-3-4(8)1-2-6(5)9;1-6-4-2-3-5-6;1-2/h1-3,8-9H;2-5H2,1H3;1-2H3. The molecule has 0 unspecified atom stereocenters. The smallest absolute Gasteiger partial charge is 0.117 e. The van der Waals surface area contributed by atoms with Gasteiger partial charge in [0.1, 0.15) is 5.75 Å². The maximum absolute atomic E-state index is 8.82. The summed E-state index contributed by atoms with van der Waals surface area (Å²) in [6, 6.07) is 4.62. The number of halogens is 1. The predicted molar refractivity (Wildman–Crippen MR) is 78.4 cm³/mol. The van der Waals surface area contributed by atoms with Gasteiger partial charge in [-0.2, -0.15) is 0 Å². The zero-order valence-electron chi connectivity index (χ0n) is 10.8. The van der Waals surface area contributed by atoms with Crippen LogP contribution in [0.5, 0.6) is 5.75 Å². The van der Waals surface area contributed by atoms with Gasteiger partial charge in [0, 0.05) is 4.90 Å². The molecule has 2 rings (SSSR count). The van der Waals surface area contributed by atoms with Crippen LogP contribution in [0.1, 0.15) is 26.7 Å². The van der Waals surface area contributed by atoms with Gasteiger partial charge in [0.05, 0.1) is 5.02 Å². The van der Waals surface area contributed by atoms with Gasteiger partial charge >= 0.3 is 0 Å². The quantitative estimate of drug-likeness (QED) is 0.697. The number of phenolic OH excluding ortho intramolecular Hbond substituents is 1. The normalized spacial score (nSPS) is 14.4. The Morgan fingerprint density at radius 3 is 2.06 bits per heavy atom. The van der Waals surface area contributed by atoms with E-state index in [1.807, 2.05) is 13.8 Å². The van der Waals surface area contributed by atoms with Crippen LogP contribution in [0.4, 0.5) is 0 Å². The first kappa shape index (κ1) is 16.6. The van der Waals surface area contributed by atoms with Crippen LogP contribution in [-0.2, 0) is 0 Å². The Labute approximate surface area is 115 Å². The minimum absolute atomic E-state index is 0.165. The summed E-state index contributed by atoms with van der Waals surface area (Å²) in [4.78, 5) is 3.04. The van der Waals surface area contributed by atoms with Crippen LogP contribution in [0.3, 0.4) is 0 Å². The summed E-state index contributed by atoms with van der Waals surface area (Å²) in [6.07, 6.45) is 2.83. The summed E-state index contributed by atoms with van der Waals surface area (Å²) in [5.74, 6) is 0.165. The second-order valence-corrected chi connectivity index (χ2v) is 4.54. The van der Waals surface area contributed by atoms with Crippen molar-refractivity contribution < 1.29 is 5.11 Å². The van der Waals surface area contributed by atoms with Gasteiger partial charge in [-0.05, 0) is 51.2 Å². The third kappa shape index (κ3) is 7.53. The molecule has 0 bridgehead atoms. The lowest BCUT2D eigenvalue weighted by atomic mass is 10.3. The third-order valence-corrected chi connectivity index (χ3v) is 3.10. The van der Waals surface area contributed by atoms with Gasteiger partial charge in [-0.1, -0.05) is 25.4 Å². The molecule has 1 aromatic carbocycles. The van der Waals surface area contributed by atoms with Crippen molar-refractivity contribution in [3.63, 3.8) is 0 Å². The lowest BCUT2D eigenvalue weighted by Crippen LogP contribution is -2.10. The molecule has 1 aliphatic rings. The predicted octanol–water partition coefficient (Wildman–Crippen LogP) is 4.07. The second-order valence-electron chi connectivity index (χ2n) is 3.65. The number of likely N-dealkylation sites (tertiary alicyclic amines) is 1. The van der Waals surface area contributed by atoms with E-state index in [0.29, 0.717) is 9.92 Å². The van der Waals surface area contributed by atoms with Crippen molar-refractivity contribution in [3.8, 4) is 5.75 Å². The molecular weight excluding hydrogens is 254 g/mol. The molecule has 0 spiro atoms. The minimum Gasteiger partial charge on any atom is -0.508 e. The SMILES string of the molecule is CC.CN1CCCC1.Oc1ccc(S)c(Cl)c1. The van der Waals surface area contributed by atoms with Gasteiger partial charge in [0.15, 0.2) is 0 Å². The number of benzene rings is 1. The highest BCUT2D eigenvalue weighted by molar-refractivity contribution is 7.80. The maximum atomic E-state index is 8.82. The summed E-state index contributed by atoms with van der Waals surface area (Å²) >= 11 is 9.58. The van der Waals surface area contributed by atoms with Gasteiger partial charge in [-0.25, -0.2) is 0 Å². The van der Waals surface area contributed by atoms with E-state index < -0.39 is 0 Å². The molecule has 4 heteroatoms. The molecule has 1 aliphatic heterocycles. The molecule has 1 saturated heterocycles. The number of hydrogen-bond donors (Lipinski definition) is 2. The highest BCUT2D eigenvalue weighted by Crippen LogP contribution is 2.23. The number of nitrogens with zero attached hydrogens (tertiary/aromatic N) is 1. The summed E-state index contributed by atoms with van der Waals surface area (Å²) in [7, 11) is 2.17. The van der Waals surface area contributed by atoms with E-state index in [2.05, 4.69) is 24.6 Å². The van der Waals surface area contributed by atoms with Crippen LogP contribution in [0.25, 0.3) is 0 Å². The van der Waals surface area contributed by atoms with Crippen molar-refractivity contribution >= 4 is 24.2 Å². The van der Waals surface area contributed by atoms with Crippen molar-refractivity contribution in [1.82, 2.24) is 4.90 Å². The molecular formula is C13H22ClNOS. The zero-order chi connectivity index (χ0) is 13.3. The molecule has 0 atom stereocenters. The molecule has 0 amide bonds. The number of rotatable bonds is 0. The first-order valence-electron chi connectivity index (χ1n) is 5.95. The van der Waals surface area contributed by atoms with E-state index in [9.17, 15) is 0 Å². The van der Waals surface area contributed by atoms with Gasteiger partial charge < -0.3 is 10.0 Å². The van der Waals surface area contributed by atoms with E-state index in [1.165, 1.54) is 38.1 Å². The molecule has 17 heavy (non-hydrogen) atoms. The number of thiol groups is 1. The molecule has 1 heterocycles. The molecule has 1 N–H and O–H groups in total. The third-order valence-electron chi connectivity index (χ3n) is 2.26. The average molecular weight is 276 g/mol. The summed E-state index contributed by atoms with van der Waals surface area (Å²) in [5, 5.41) is 9.29. The number of aromatic hydroxyl groups is 1. The lowest BCUT2D eigenvalue weighted by Gasteiger charge is -2.01. The average Bonchev–Trinajstić information content (AvgIpc) is 2.79. The Kier molecular flexibility index (Phi) is 9.41. The van der Waals surface area contributed by atoms with Crippen LogP contribution < -0.4 is 0 Å². The van der Waals surface area contributed by atoms with Gasteiger partial charge in [0.2, 0.25) is 0 Å². The minimum atomic E-state index is 0.165. The monoisotopic (exact) mass is 275 g/mol. The van der Waals surface area contributed by atoms with Crippen molar-refractivity contribution in [2.24, 2.45) is 0 Å². The highest BCUT2D eigenvalue weighted by atomic mass is 35.5. The van der Waals surface area contributed by atoms with Crippen LogP contribution in [0, 0.1) is 0 Å². The number of hydrogen-bond acceptors (Lipinski definition) is 3. The van der Waals surface area contributed by atoms with E-state index in [4.69, 9.17) is 16.7 Å². The second kappa shape index (κ2) is 9.63. The fourth-order valence-corrected chi connectivity index (χ4v) is 1.68. The molecule has 1 fully saturated rings. The van der Waals surface area contributed by atoms with Crippen LogP contribution >= 0.6 is 24.2 Å². The van der Waals surface area contributed by atoms with Crippen LogP contribution in [0.2, 0.25) is 5.02 Å². The van der Waals surface area contributed by atoms with Gasteiger partial charge in [-0.15, -0.1) is 12.6 Å². The van der Waals surface area contributed by atoms with E-state index >= 15 is 0 Å². The molecule has 0 saturated carbocycles. The van der Waals surface area contributed by atoms with Crippen LogP contribution in [0.15, 0.2) is 23.1 Å². The molecule has 0 aliphatic carbocycles. The Balaban J connectivity index is 0.000000278. The number of phenols is 1. The lowest BCUT2D eigenvalue weighted by molar-refractivity contribution is 0.418. The molecule has 0 radical (unpaired) electrons. The Morgan fingerprint density at radius 1 is 1.24 bits per heavy atom. The van der Waals surface area contributed by atoms with Crippen LogP contribution in [-0.4, -0.2) is 30.1 Å².